The van der Waals surface area contributed by atoms with Gasteiger partial charge in [-0.15, -0.1) is 0 Å². The predicted octanol–water partition coefficient (Wildman–Crippen LogP) is 3.81. The van der Waals surface area contributed by atoms with Crippen molar-refractivity contribution in [2.24, 2.45) is 11.8 Å². The zero-order valence-electron chi connectivity index (χ0n) is 11.2. The van der Waals surface area contributed by atoms with Gasteiger partial charge in [0, 0.05) is 6.04 Å². The van der Waals surface area contributed by atoms with Gasteiger partial charge in [-0.2, -0.15) is 0 Å². The second-order valence-electron chi connectivity index (χ2n) is 5.55. The fraction of sp³-hybridized carbons (Fsp3) is 0.600. The van der Waals surface area contributed by atoms with Crippen LogP contribution in [0.1, 0.15) is 38.7 Å². The average Bonchev–Trinajstić information content (AvgIpc) is 2.31. The van der Waals surface area contributed by atoms with Crippen LogP contribution in [0.5, 0.6) is 0 Å². The Balaban J connectivity index is 2.12. The van der Waals surface area contributed by atoms with Crippen molar-refractivity contribution in [2.45, 2.75) is 46.1 Å². The molecule has 0 aromatic heterocycles. The third-order valence-electron chi connectivity index (χ3n) is 4.37. The minimum Gasteiger partial charge on any atom is -0.397 e. The molecule has 0 heterocycles. The molecule has 2 nitrogen and oxygen atoms in total. The molecule has 3 unspecified atom stereocenters. The summed E-state index contributed by atoms with van der Waals surface area (Å²) < 4.78 is 0. The van der Waals surface area contributed by atoms with E-state index < -0.39 is 0 Å². The van der Waals surface area contributed by atoms with E-state index in [0.717, 1.165) is 28.8 Å². The number of nitrogens with one attached hydrogen (secondary N) is 1. The highest BCUT2D eigenvalue weighted by molar-refractivity contribution is 5.69. The van der Waals surface area contributed by atoms with Crippen LogP contribution in [-0.2, 0) is 0 Å². The molecule has 0 amide bonds. The number of rotatable bonds is 2. The van der Waals surface area contributed by atoms with Crippen molar-refractivity contribution in [1.29, 1.82) is 0 Å². The largest absolute Gasteiger partial charge is 0.397 e. The van der Waals surface area contributed by atoms with Gasteiger partial charge in [-0.25, -0.2) is 0 Å². The van der Waals surface area contributed by atoms with E-state index in [9.17, 15) is 0 Å². The van der Waals surface area contributed by atoms with Gasteiger partial charge in [0.2, 0.25) is 0 Å². The molecule has 1 fully saturated rings. The maximum atomic E-state index is 6.12. The van der Waals surface area contributed by atoms with Gasteiger partial charge in [0.1, 0.15) is 0 Å². The lowest BCUT2D eigenvalue weighted by molar-refractivity contribution is 0.253. The summed E-state index contributed by atoms with van der Waals surface area (Å²) in [5, 5.41) is 3.65. The normalized spacial score (nSPS) is 29.0. The zero-order valence-corrected chi connectivity index (χ0v) is 11.2. The van der Waals surface area contributed by atoms with Crippen LogP contribution in [0, 0.1) is 18.8 Å². The second kappa shape index (κ2) is 4.99. The maximum absolute atomic E-state index is 6.12. The molecule has 1 saturated carbocycles. The Morgan fingerprint density at radius 3 is 2.76 bits per heavy atom. The fourth-order valence-electron chi connectivity index (χ4n) is 2.79. The molecule has 0 radical (unpaired) electrons. The smallest absolute Gasteiger partial charge is 0.0579 e. The summed E-state index contributed by atoms with van der Waals surface area (Å²) in [6, 6.07) is 6.80. The van der Waals surface area contributed by atoms with Gasteiger partial charge in [-0.1, -0.05) is 38.8 Å². The number of benzene rings is 1. The Bertz CT molecular complexity index is 387. The standard InChI is InChI=1S/C15H24N2/c1-10-6-4-8-13(12(10)3)17-14-9-5-7-11(2)15(14)16/h5,7,9-10,12-13,17H,4,6,8,16H2,1-3H3. The molecule has 1 aromatic carbocycles. The molecule has 0 spiro atoms. The molecule has 1 aliphatic carbocycles. The van der Waals surface area contributed by atoms with Crippen LogP contribution in [-0.4, -0.2) is 6.04 Å². The molecule has 94 valence electrons. The van der Waals surface area contributed by atoms with E-state index in [-0.39, 0.29) is 0 Å². The molecule has 0 saturated heterocycles. The Labute approximate surface area is 105 Å². The topological polar surface area (TPSA) is 38.0 Å². The van der Waals surface area contributed by atoms with Crippen molar-refractivity contribution in [3.63, 3.8) is 0 Å². The highest BCUT2D eigenvalue weighted by Crippen LogP contribution is 2.33. The number of nitrogen functional groups attached to an aromatic ring is 1. The van der Waals surface area contributed by atoms with Crippen molar-refractivity contribution in [3.05, 3.63) is 23.8 Å². The van der Waals surface area contributed by atoms with Crippen molar-refractivity contribution in [1.82, 2.24) is 0 Å². The Kier molecular flexibility index (Phi) is 3.60. The molecule has 1 aromatic rings. The number of nitrogens with two attached hydrogens (primary N) is 1. The first-order valence-electron chi connectivity index (χ1n) is 6.71. The average molecular weight is 232 g/mol. The first-order valence-corrected chi connectivity index (χ1v) is 6.71. The van der Waals surface area contributed by atoms with Crippen LogP contribution in [0.2, 0.25) is 0 Å². The lowest BCUT2D eigenvalue weighted by atomic mass is 9.78. The van der Waals surface area contributed by atoms with Crippen LogP contribution >= 0.6 is 0 Å². The van der Waals surface area contributed by atoms with E-state index in [1.807, 2.05) is 0 Å². The fourth-order valence-corrected chi connectivity index (χ4v) is 2.79. The van der Waals surface area contributed by atoms with Gasteiger partial charge < -0.3 is 11.1 Å². The first-order chi connectivity index (χ1) is 8.09. The molecule has 3 atom stereocenters. The van der Waals surface area contributed by atoms with Gasteiger partial charge in [0.25, 0.3) is 0 Å². The minimum atomic E-state index is 0.572. The van der Waals surface area contributed by atoms with Crippen molar-refractivity contribution >= 4 is 11.4 Å². The zero-order chi connectivity index (χ0) is 12.4. The van der Waals surface area contributed by atoms with Crippen molar-refractivity contribution < 1.29 is 0 Å². The summed E-state index contributed by atoms with van der Waals surface area (Å²) >= 11 is 0. The quantitative estimate of drug-likeness (QED) is 0.761. The first kappa shape index (κ1) is 12.3. The van der Waals surface area contributed by atoms with Crippen LogP contribution in [0.4, 0.5) is 11.4 Å². The molecule has 0 bridgehead atoms. The summed E-state index contributed by atoms with van der Waals surface area (Å²) in [6.07, 6.45) is 3.95. The molecule has 2 rings (SSSR count). The monoisotopic (exact) mass is 232 g/mol. The molecule has 0 aliphatic heterocycles. The van der Waals surface area contributed by atoms with Crippen LogP contribution < -0.4 is 11.1 Å². The molecule has 3 N–H and O–H groups in total. The third kappa shape index (κ3) is 2.56. The molecule has 2 heteroatoms. The SMILES string of the molecule is Cc1cccc(NC2CCCC(C)C2C)c1N. The maximum Gasteiger partial charge on any atom is 0.0579 e. The summed E-state index contributed by atoms with van der Waals surface area (Å²) in [5.41, 5.74) is 9.28. The Morgan fingerprint density at radius 1 is 1.24 bits per heavy atom. The van der Waals surface area contributed by atoms with E-state index >= 15 is 0 Å². The third-order valence-corrected chi connectivity index (χ3v) is 4.37. The predicted molar refractivity (Wildman–Crippen MR) is 75.2 cm³/mol. The summed E-state index contributed by atoms with van der Waals surface area (Å²) in [5.74, 6) is 1.54. The van der Waals surface area contributed by atoms with E-state index in [2.05, 4.69) is 44.3 Å². The van der Waals surface area contributed by atoms with Crippen LogP contribution in [0.15, 0.2) is 18.2 Å². The Morgan fingerprint density at radius 2 is 2.00 bits per heavy atom. The summed E-state index contributed by atoms with van der Waals surface area (Å²) in [6.45, 7) is 6.78. The van der Waals surface area contributed by atoms with E-state index in [1.165, 1.54) is 19.3 Å². The summed E-state index contributed by atoms with van der Waals surface area (Å²) in [4.78, 5) is 0. The van der Waals surface area contributed by atoms with Gasteiger partial charge in [-0.3, -0.25) is 0 Å². The molecule has 17 heavy (non-hydrogen) atoms. The van der Waals surface area contributed by atoms with E-state index in [1.54, 1.807) is 0 Å². The highest BCUT2D eigenvalue weighted by atomic mass is 14.9. The molecular weight excluding hydrogens is 208 g/mol. The number of hydrogen-bond acceptors (Lipinski definition) is 2. The van der Waals surface area contributed by atoms with Crippen molar-refractivity contribution in [2.75, 3.05) is 11.1 Å². The van der Waals surface area contributed by atoms with Gasteiger partial charge >= 0.3 is 0 Å². The van der Waals surface area contributed by atoms with Crippen LogP contribution in [0.25, 0.3) is 0 Å². The number of aryl methyl sites for hydroxylation is 1. The highest BCUT2D eigenvalue weighted by Gasteiger charge is 2.27. The van der Waals surface area contributed by atoms with Crippen molar-refractivity contribution in [3.8, 4) is 0 Å². The van der Waals surface area contributed by atoms with Crippen LogP contribution in [0.3, 0.4) is 0 Å². The summed E-state index contributed by atoms with van der Waals surface area (Å²) in [7, 11) is 0. The second-order valence-corrected chi connectivity index (χ2v) is 5.55. The number of hydrogen-bond donors (Lipinski definition) is 2. The lowest BCUT2D eigenvalue weighted by Crippen LogP contribution is -2.35. The van der Waals surface area contributed by atoms with Gasteiger partial charge in [0.15, 0.2) is 0 Å². The minimum absolute atomic E-state index is 0.572. The van der Waals surface area contributed by atoms with E-state index in [4.69, 9.17) is 5.73 Å². The molecule has 1 aliphatic rings. The number of anilines is 2. The Hall–Kier alpha value is -1.18. The van der Waals surface area contributed by atoms with Gasteiger partial charge in [0.05, 0.1) is 11.4 Å². The molecular formula is C15H24N2. The lowest BCUT2D eigenvalue weighted by Gasteiger charge is -2.35. The van der Waals surface area contributed by atoms with E-state index in [0.29, 0.717) is 6.04 Å². The number of para-hydroxylation sites is 1. The van der Waals surface area contributed by atoms with Gasteiger partial charge in [-0.05, 0) is 36.8 Å².